The van der Waals surface area contributed by atoms with Crippen LogP contribution in [0, 0.1) is 0 Å². The average Bonchev–Trinajstić information content (AvgIpc) is 2.98. The lowest BCUT2D eigenvalue weighted by Gasteiger charge is -2.29. The molecule has 4 rings (SSSR count). The van der Waals surface area contributed by atoms with Gasteiger partial charge in [0.1, 0.15) is 10.7 Å². The van der Waals surface area contributed by atoms with E-state index in [9.17, 15) is 14.4 Å². The molecule has 2 N–H and O–H groups in total. The number of nitrogens with zero attached hydrogens (tertiary/aromatic N) is 1. The molecular formula is C23H28ClN3O3. The van der Waals surface area contributed by atoms with Crippen molar-refractivity contribution in [2.75, 3.05) is 5.32 Å². The number of anilines is 1. The number of carbonyl (C=O) groups is 3. The Bertz CT molecular complexity index is 853. The molecular weight excluding hydrogens is 402 g/mol. The Morgan fingerprint density at radius 1 is 0.867 bits per heavy atom. The monoisotopic (exact) mass is 429 g/mol. The van der Waals surface area contributed by atoms with E-state index in [0.717, 1.165) is 57.8 Å². The van der Waals surface area contributed by atoms with Gasteiger partial charge in [0.15, 0.2) is 0 Å². The summed E-state index contributed by atoms with van der Waals surface area (Å²) in [6.45, 7) is 0. The van der Waals surface area contributed by atoms with Gasteiger partial charge >= 0.3 is 0 Å². The molecule has 160 valence electrons. The molecule has 0 aromatic heterocycles. The Morgan fingerprint density at radius 2 is 1.47 bits per heavy atom. The minimum atomic E-state index is -0.417. The van der Waals surface area contributed by atoms with E-state index in [4.69, 9.17) is 11.6 Å². The summed E-state index contributed by atoms with van der Waals surface area (Å²) in [7, 11) is 0. The summed E-state index contributed by atoms with van der Waals surface area (Å²) in [5, 5.41) is 6.02. The molecule has 0 radical (unpaired) electrons. The van der Waals surface area contributed by atoms with E-state index in [1.165, 1.54) is 11.3 Å². The van der Waals surface area contributed by atoms with Crippen LogP contribution in [0.1, 0.15) is 74.6 Å². The summed E-state index contributed by atoms with van der Waals surface area (Å²) in [5.41, 5.74) is 1.31. The third kappa shape index (κ3) is 4.38. The number of hydrogen-bond acceptors (Lipinski definition) is 4. The average molecular weight is 430 g/mol. The highest BCUT2D eigenvalue weighted by atomic mass is 35.5. The van der Waals surface area contributed by atoms with Crippen molar-refractivity contribution in [1.29, 1.82) is 0 Å². The standard InChI is InChI=1S/C23H28ClN3O3/c24-19-20(23(30)27(22(19)29)18-9-5-2-6-10-18)25-17-13-11-15(12-14-17)21(28)26-16-7-3-1-4-8-16/h11-14,16,18,25H,1-10H2,(H,26,28). The Morgan fingerprint density at radius 3 is 2.10 bits per heavy atom. The van der Waals surface area contributed by atoms with E-state index >= 15 is 0 Å². The van der Waals surface area contributed by atoms with Gasteiger partial charge in [-0.2, -0.15) is 0 Å². The van der Waals surface area contributed by atoms with E-state index in [-0.39, 0.29) is 34.6 Å². The molecule has 7 heteroatoms. The van der Waals surface area contributed by atoms with Crippen molar-refractivity contribution in [3.8, 4) is 0 Å². The maximum absolute atomic E-state index is 12.9. The van der Waals surface area contributed by atoms with E-state index < -0.39 is 5.91 Å². The van der Waals surface area contributed by atoms with Crippen LogP contribution in [0.5, 0.6) is 0 Å². The largest absolute Gasteiger partial charge is 0.350 e. The number of rotatable bonds is 5. The maximum atomic E-state index is 12.9. The zero-order valence-electron chi connectivity index (χ0n) is 17.1. The smallest absolute Gasteiger partial charge is 0.279 e. The van der Waals surface area contributed by atoms with Gasteiger partial charge in [0.2, 0.25) is 0 Å². The topological polar surface area (TPSA) is 78.5 Å². The van der Waals surface area contributed by atoms with Gasteiger partial charge in [-0.25, -0.2) is 0 Å². The van der Waals surface area contributed by atoms with Crippen molar-refractivity contribution >= 4 is 35.0 Å². The van der Waals surface area contributed by atoms with Crippen LogP contribution in [0.4, 0.5) is 5.69 Å². The van der Waals surface area contributed by atoms with Crippen LogP contribution >= 0.6 is 11.6 Å². The van der Waals surface area contributed by atoms with E-state index in [2.05, 4.69) is 10.6 Å². The first-order chi connectivity index (χ1) is 14.5. The molecule has 1 aromatic rings. The first-order valence-corrected chi connectivity index (χ1v) is 11.4. The number of nitrogens with one attached hydrogen (secondary N) is 2. The van der Waals surface area contributed by atoms with Crippen molar-refractivity contribution in [3.05, 3.63) is 40.6 Å². The molecule has 2 saturated carbocycles. The summed E-state index contributed by atoms with van der Waals surface area (Å²) in [6, 6.07) is 7.07. The van der Waals surface area contributed by atoms with Crippen LogP contribution < -0.4 is 10.6 Å². The molecule has 0 unspecified atom stereocenters. The van der Waals surface area contributed by atoms with Gasteiger partial charge in [-0.15, -0.1) is 0 Å². The molecule has 0 spiro atoms. The van der Waals surface area contributed by atoms with Gasteiger partial charge in [0, 0.05) is 23.3 Å². The molecule has 0 saturated heterocycles. The predicted octanol–water partition coefficient (Wildman–Crippen LogP) is 4.31. The van der Waals surface area contributed by atoms with Crippen LogP contribution in [-0.4, -0.2) is 34.7 Å². The lowest BCUT2D eigenvalue weighted by atomic mass is 9.94. The number of benzene rings is 1. The Kier molecular flexibility index (Phi) is 6.42. The van der Waals surface area contributed by atoms with Gasteiger partial charge in [-0.05, 0) is 49.9 Å². The van der Waals surface area contributed by atoms with Crippen LogP contribution in [0.2, 0.25) is 0 Å². The molecule has 0 bridgehead atoms. The maximum Gasteiger partial charge on any atom is 0.279 e. The first kappa shape index (κ1) is 20.9. The SMILES string of the molecule is O=C(NC1CCCCC1)c1ccc(NC2=C(Cl)C(=O)N(C3CCCCC3)C2=O)cc1. The minimum absolute atomic E-state index is 0.0651. The van der Waals surface area contributed by atoms with Gasteiger partial charge in [0.25, 0.3) is 17.7 Å². The van der Waals surface area contributed by atoms with Crippen molar-refractivity contribution in [2.45, 2.75) is 76.3 Å². The zero-order valence-corrected chi connectivity index (χ0v) is 17.8. The molecule has 2 fully saturated rings. The fourth-order valence-corrected chi connectivity index (χ4v) is 4.88. The van der Waals surface area contributed by atoms with Crippen LogP contribution in [0.15, 0.2) is 35.0 Å². The van der Waals surface area contributed by atoms with Gasteiger partial charge in [-0.1, -0.05) is 50.1 Å². The summed E-state index contributed by atoms with van der Waals surface area (Å²) >= 11 is 6.22. The minimum Gasteiger partial charge on any atom is -0.350 e. The first-order valence-electron chi connectivity index (χ1n) is 11.0. The quantitative estimate of drug-likeness (QED) is 0.683. The lowest BCUT2D eigenvalue weighted by molar-refractivity contribution is -0.140. The highest BCUT2D eigenvalue weighted by molar-refractivity contribution is 6.48. The third-order valence-electron chi connectivity index (χ3n) is 6.36. The molecule has 3 aliphatic rings. The third-order valence-corrected chi connectivity index (χ3v) is 6.71. The van der Waals surface area contributed by atoms with Crippen LogP contribution in [0.3, 0.4) is 0 Å². The Balaban J connectivity index is 1.40. The predicted molar refractivity (Wildman–Crippen MR) is 116 cm³/mol. The van der Waals surface area contributed by atoms with Crippen molar-refractivity contribution in [3.63, 3.8) is 0 Å². The second-order valence-electron chi connectivity index (χ2n) is 8.47. The van der Waals surface area contributed by atoms with Crippen molar-refractivity contribution < 1.29 is 14.4 Å². The van der Waals surface area contributed by atoms with Gasteiger partial charge in [0.05, 0.1) is 0 Å². The molecule has 1 aliphatic heterocycles. The summed E-state index contributed by atoms with van der Waals surface area (Å²) < 4.78 is 0. The van der Waals surface area contributed by atoms with Crippen LogP contribution in [0.25, 0.3) is 0 Å². The number of carbonyl (C=O) groups excluding carboxylic acids is 3. The molecule has 30 heavy (non-hydrogen) atoms. The van der Waals surface area contributed by atoms with Crippen molar-refractivity contribution in [2.24, 2.45) is 0 Å². The number of imide groups is 1. The Labute approximate surface area is 182 Å². The molecule has 1 aromatic carbocycles. The van der Waals surface area contributed by atoms with E-state index in [1.807, 2.05) is 0 Å². The molecule has 1 heterocycles. The van der Waals surface area contributed by atoms with E-state index in [1.54, 1.807) is 24.3 Å². The normalized spacial score (nSPS) is 21.3. The fourth-order valence-electron chi connectivity index (χ4n) is 4.66. The summed E-state index contributed by atoms with van der Waals surface area (Å²) in [4.78, 5) is 39.2. The van der Waals surface area contributed by atoms with Gasteiger partial charge < -0.3 is 10.6 Å². The van der Waals surface area contributed by atoms with E-state index in [0.29, 0.717) is 11.3 Å². The lowest BCUT2D eigenvalue weighted by Crippen LogP contribution is -2.42. The second kappa shape index (κ2) is 9.21. The zero-order chi connectivity index (χ0) is 21.1. The fraction of sp³-hybridized carbons (Fsp3) is 0.522. The number of amides is 3. The molecule has 6 nitrogen and oxygen atoms in total. The van der Waals surface area contributed by atoms with Gasteiger partial charge in [-0.3, -0.25) is 19.3 Å². The number of hydrogen-bond donors (Lipinski definition) is 2. The molecule has 3 amide bonds. The highest BCUT2D eigenvalue weighted by Gasteiger charge is 2.42. The Hall–Kier alpha value is -2.34. The second-order valence-corrected chi connectivity index (χ2v) is 8.85. The molecule has 2 aliphatic carbocycles. The van der Waals surface area contributed by atoms with Crippen LogP contribution in [-0.2, 0) is 9.59 Å². The molecule has 0 atom stereocenters. The summed E-state index contributed by atoms with van der Waals surface area (Å²) in [6.07, 6.45) is 10.5. The summed E-state index contributed by atoms with van der Waals surface area (Å²) in [5.74, 6) is -0.864. The highest BCUT2D eigenvalue weighted by Crippen LogP contribution is 2.32. The number of halogens is 1. The van der Waals surface area contributed by atoms with Crippen molar-refractivity contribution in [1.82, 2.24) is 10.2 Å².